The summed E-state index contributed by atoms with van der Waals surface area (Å²) in [7, 11) is 1.32. The van der Waals surface area contributed by atoms with Crippen LogP contribution in [0.4, 0.5) is 0 Å². The second-order valence-corrected chi connectivity index (χ2v) is 6.73. The Hall–Kier alpha value is -2.15. The van der Waals surface area contributed by atoms with Gasteiger partial charge in [-0.2, -0.15) is 0 Å². The third-order valence-electron chi connectivity index (χ3n) is 3.73. The zero-order valence-corrected chi connectivity index (χ0v) is 15.0. The molecule has 2 aromatic heterocycles. The van der Waals surface area contributed by atoms with Crippen LogP contribution in [0.25, 0.3) is 0 Å². The fourth-order valence-corrected chi connectivity index (χ4v) is 3.60. The lowest BCUT2D eigenvalue weighted by molar-refractivity contribution is 0.0599. The van der Waals surface area contributed by atoms with Crippen LogP contribution >= 0.6 is 11.3 Å². The number of aromatic amines is 1. The lowest BCUT2D eigenvalue weighted by atomic mass is 10.1. The Morgan fingerprint density at radius 1 is 1.26 bits per heavy atom. The average Bonchev–Trinajstić information content (AvgIpc) is 2.97. The van der Waals surface area contributed by atoms with Gasteiger partial charge in [-0.05, 0) is 40.2 Å². The predicted octanol–water partition coefficient (Wildman–Crippen LogP) is 2.98. The first-order chi connectivity index (χ1) is 10.8. The summed E-state index contributed by atoms with van der Waals surface area (Å²) in [5.74, 6) is -0.698. The van der Waals surface area contributed by atoms with Gasteiger partial charge in [-0.1, -0.05) is 0 Å². The largest absolute Gasteiger partial charge is 0.465 e. The maximum absolute atomic E-state index is 12.5. The molecule has 0 bridgehead atoms. The minimum atomic E-state index is -0.447. The number of aromatic nitrogens is 2. The van der Waals surface area contributed by atoms with Gasteiger partial charge in [-0.25, -0.2) is 9.78 Å². The van der Waals surface area contributed by atoms with Crippen LogP contribution in [0.1, 0.15) is 60.6 Å². The average molecular weight is 335 g/mol. The van der Waals surface area contributed by atoms with E-state index in [2.05, 4.69) is 15.3 Å². The Morgan fingerprint density at radius 2 is 1.91 bits per heavy atom. The Morgan fingerprint density at radius 3 is 2.43 bits per heavy atom. The number of hydrogen-bond donors (Lipinski definition) is 2. The van der Waals surface area contributed by atoms with Crippen molar-refractivity contribution in [3.05, 3.63) is 38.1 Å². The molecule has 2 heterocycles. The number of aryl methyl sites for hydroxylation is 3. The van der Waals surface area contributed by atoms with E-state index in [0.29, 0.717) is 22.5 Å². The topological polar surface area (TPSA) is 84.1 Å². The van der Waals surface area contributed by atoms with E-state index in [0.717, 1.165) is 15.6 Å². The van der Waals surface area contributed by atoms with E-state index in [1.807, 2.05) is 20.8 Å². The van der Waals surface area contributed by atoms with Crippen molar-refractivity contribution in [2.75, 3.05) is 7.11 Å². The summed E-state index contributed by atoms with van der Waals surface area (Å²) in [6.07, 6.45) is 0. The molecule has 1 atom stereocenters. The van der Waals surface area contributed by atoms with Crippen LogP contribution in [0.2, 0.25) is 0 Å². The zero-order valence-electron chi connectivity index (χ0n) is 14.2. The zero-order chi connectivity index (χ0) is 17.3. The quantitative estimate of drug-likeness (QED) is 0.841. The summed E-state index contributed by atoms with van der Waals surface area (Å²) in [6, 6.07) is -0.154. The van der Waals surface area contributed by atoms with E-state index >= 15 is 0 Å². The highest BCUT2D eigenvalue weighted by atomic mass is 32.1. The molecule has 0 saturated carbocycles. The van der Waals surface area contributed by atoms with Crippen molar-refractivity contribution in [3.63, 3.8) is 0 Å². The first-order valence-electron chi connectivity index (χ1n) is 7.28. The Balaban J connectivity index is 2.25. The molecule has 0 aromatic carbocycles. The van der Waals surface area contributed by atoms with Crippen LogP contribution in [0.5, 0.6) is 0 Å². The summed E-state index contributed by atoms with van der Waals surface area (Å²) >= 11 is 1.57. The molecule has 1 amide bonds. The normalized spacial score (nSPS) is 12.1. The first kappa shape index (κ1) is 17.2. The molecule has 0 aliphatic rings. The van der Waals surface area contributed by atoms with Crippen molar-refractivity contribution < 1.29 is 14.3 Å². The number of amides is 1. The van der Waals surface area contributed by atoms with E-state index in [1.165, 1.54) is 7.11 Å². The third kappa shape index (κ3) is 3.29. The smallest absolute Gasteiger partial charge is 0.339 e. The van der Waals surface area contributed by atoms with Gasteiger partial charge in [0.05, 0.1) is 29.4 Å². The number of carbonyl (C=O) groups excluding carboxylic acids is 2. The van der Waals surface area contributed by atoms with Crippen molar-refractivity contribution in [2.24, 2.45) is 0 Å². The number of thiazole rings is 1. The number of H-pyrrole nitrogens is 1. The van der Waals surface area contributed by atoms with Crippen molar-refractivity contribution in [2.45, 2.75) is 40.7 Å². The van der Waals surface area contributed by atoms with Crippen molar-refractivity contribution in [1.29, 1.82) is 0 Å². The standard InChI is InChI=1S/C16H21N3O3S/c1-7-12(16(21)22-6)8(2)18-13(7)15(20)19-10(4)14-9(3)17-11(5)23-14/h10,18H,1-6H3,(H,19,20). The third-order valence-corrected chi connectivity index (χ3v) is 4.99. The van der Waals surface area contributed by atoms with Crippen LogP contribution in [0.3, 0.4) is 0 Å². The maximum Gasteiger partial charge on any atom is 0.339 e. The second-order valence-electron chi connectivity index (χ2n) is 5.49. The van der Waals surface area contributed by atoms with Crippen LogP contribution in [0, 0.1) is 27.7 Å². The van der Waals surface area contributed by atoms with Gasteiger partial charge in [-0.3, -0.25) is 4.79 Å². The van der Waals surface area contributed by atoms with Gasteiger partial charge in [0.15, 0.2) is 0 Å². The number of nitrogens with one attached hydrogen (secondary N) is 2. The van der Waals surface area contributed by atoms with Gasteiger partial charge in [0.1, 0.15) is 5.69 Å². The van der Waals surface area contributed by atoms with Crippen LogP contribution in [-0.2, 0) is 4.74 Å². The molecule has 124 valence electrons. The monoisotopic (exact) mass is 335 g/mol. The summed E-state index contributed by atoms with van der Waals surface area (Å²) in [5, 5.41) is 3.92. The second kappa shape index (κ2) is 6.54. The molecule has 0 fully saturated rings. The van der Waals surface area contributed by atoms with Crippen molar-refractivity contribution in [3.8, 4) is 0 Å². The fraction of sp³-hybridized carbons (Fsp3) is 0.438. The number of ether oxygens (including phenoxy) is 1. The SMILES string of the molecule is COC(=O)c1c(C)[nH]c(C(=O)NC(C)c2sc(C)nc2C)c1C. The Kier molecular flexibility index (Phi) is 4.89. The number of esters is 1. The Bertz CT molecular complexity index is 761. The molecular weight excluding hydrogens is 314 g/mol. The molecule has 0 radical (unpaired) electrons. The number of nitrogens with zero attached hydrogens (tertiary/aromatic N) is 1. The van der Waals surface area contributed by atoms with Gasteiger partial charge in [-0.15, -0.1) is 11.3 Å². The number of carbonyl (C=O) groups is 2. The molecule has 2 N–H and O–H groups in total. The minimum Gasteiger partial charge on any atom is -0.465 e. The summed E-state index contributed by atoms with van der Waals surface area (Å²) < 4.78 is 4.76. The van der Waals surface area contributed by atoms with Gasteiger partial charge >= 0.3 is 5.97 Å². The lowest BCUT2D eigenvalue weighted by Crippen LogP contribution is -2.27. The maximum atomic E-state index is 12.5. The molecule has 7 heteroatoms. The van der Waals surface area contributed by atoms with E-state index in [4.69, 9.17) is 4.74 Å². The molecule has 1 unspecified atom stereocenters. The van der Waals surface area contributed by atoms with Gasteiger partial charge in [0.2, 0.25) is 0 Å². The highest BCUT2D eigenvalue weighted by Gasteiger charge is 2.24. The van der Waals surface area contributed by atoms with Crippen LogP contribution in [-0.4, -0.2) is 29.0 Å². The van der Waals surface area contributed by atoms with Gasteiger partial charge < -0.3 is 15.0 Å². The van der Waals surface area contributed by atoms with Crippen molar-refractivity contribution >= 4 is 23.2 Å². The van der Waals surface area contributed by atoms with Gasteiger partial charge in [0, 0.05) is 10.6 Å². The number of methoxy groups -OCH3 is 1. The molecule has 23 heavy (non-hydrogen) atoms. The summed E-state index contributed by atoms with van der Waals surface area (Å²) in [5.41, 5.74) is 2.94. The summed E-state index contributed by atoms with van der Waals surface area (Å²) in [6.45, 7) is 9.27. The van der Waals surface area contributed by atoms with Crippen LogP contribution in [0.15, 0.2) is 0 Å². The molecule has 6 nitrogen and oxygen atoms in total. The fourth-order valence-electron chi connectivity index (χ4n) is 2.67. The van der Waals surface area contributed by atoms with E-state index in [1.54, 1.807) is 25.2 Å². The summed E-state index contributed by atoms with van der Waals surface area (Å²) in [4.78, 5) is 32.7. The van der Waals surface area contributed by atoms with Crippen LogP contribution < -0.4 is 5.32 Å². The molecule has 2 rings (SSSR count). The highest BCUT2D eigenvalue weighted by Crippen LogP contribution is 2.25. The highest BCUT2D eigenvalue weighted by molar-refractivity contribution is 7.11. The number of hydrogen-bond acceptors (Lipinski definition) is 5. The van der Waals surface area contributed by atoms with E-state index in [-0.39, 0.29) is 11.9 Å². The minimum absolute atomic E-state index is 0.154. The molecule has 0 aliphatic heterocycles. The first-order valence-corrected chi connectivity index (χ1v) is 8.10. The molecule has 0 saturated heterocycles. The number of rotatable bonds is 4. The molecule has 0 spiro atoms. The molecule has 0 aliphatic carbocycles. The molecular formula is C16H21N3O3S. The van der Waals surface area contributed by atoms with Gasteiger partial charge in [0.25, 0.3) is 5.91 Å². The predicted molar refractivity (Wildman–Crippen MR) is 89.1 cm³/mol. The Labute approximate surface area is 139 Å². The van der Waals surface area contributed by atoms with E-state index < -0.39 is 5.97 Å². The molecule has 2 aromatic rings. The van der Waals surface area contributed by atoms with E-state index in [9.17, 15) is 9.59 Å². The van der Waals surface area contributed by atoms with Crippen molar-refractivity contribution in [1.82, 2.24) is 15.3 Å². The lowest BCUT2D eigenvalue weighted by Gasteiger charge is -2.12.